The van der Waals surface area contributed by atoms with Gasteiger partial charge < -0.3 is 14.7 Å². The van der Waals surface area contributed by atoms with Gasteiger partial charge >= 0.3 is 5.97 Å². The minimum absolute atomic E-state index is 0.137. The maximum atomic E-state index is 13.4. The number of carbonyl (C=O) groups excluding carboxylic acids is 1. The van der Waals surface area contributed by atoms with Crippen LogP contribution in [0.1, 0.15) is 16.8 Å². The fraction of sp³-hybridized carbons (Fsp3) is 0.429. The molecule has 0 saturated carbocycles. The van der Waals surface area contributed by atoms with Crippen LogP contribution in [0.2, 0.25) is 0 Å². The highest BCUT2D eigenvalue weighted by molar-refractivity contribution is 5.94. The lowest BCUT2D eigenvalue weighted by molar-refractivity contribution is -0.144. The van der Waals surface area contributed by atoms with Crippen LogP contribution in [0.15, 0.2) is 24.3 Å². The van der Waals surface area contributed by atoms with Crippen LogP contribution in [0.3, 0.4) is 0 Å². The highest BCUT2D eigenvalue weighted by atomic mass is 19.1. The monoisotopic (exact) mass is 281 g/mol. The van der Waals surface area contributed by atoms with E-state index < -0.39 is 18.1 Å². The summed E-state index contributed by atoms with van der Waals surface area (Å²) in [5.41, 5.74) is 0.484. The van der Waals surface area contributed by atoms with E-state index in [1.165, 1.54) is 12.0 Å². The first-order valence-electron chi connectivity index (χ1n) is 6.33. The number of carboxylic acid groups (broad SMARTS) is 1. The van der Waals surface area contributed by atoms with E-state index in [-0.39, 0.29) is 12.5 Å². The quantitative estimate of drug-likeness (QED) is 0.910. The lowest BCUT2D eigenvalue weighted by Crippen LogP contribution is -2.32. The number of nitrogens with zero attached hydrogens (tertiary/aromatic N) is 1. The number of rotatable bonds is 4. The second-order valence-corrected chi connectivity index (χ2v) is 4.77. The van der Waals surface area contributed by atoms with Crippen molar-refractivity contribution in [3.8, 4) is 5.75 Å². The number of methoxy groups -OCH3 is 1. The van der Waals surface area contributed by atoms with E-state index in [4.69, 9.17) is 9.84 Å². The number of benzene rings is 1. The van der Waals surface area contributed by atoms with E-state index in [0.717, 1.165) is 0 Å². The van der Waals surface area contributed by atoms with Crippen LogP contribution in [0, 0.1) is 5.92 Å². The molecule has 2 unspecified atom stereocenters. The van der Waals surface area contributed by atoms with Crippen LogP contribution in [0.4, 0.5) is 4.39 Å². The number of hydrogen-bond acceptors (Lipinski definition) is 3. The summed E-state index contributed by atoms with van der Waals surface area (Å²) in [4.78, 5) is 24.3. The molecule has 5 nitrogen and oxygen atoms in total. The minimum Gasteiger partial charge on any atom is -0.497 e. The molecule has 0 aromatic heterocycles. The number of ether oxygens (including phenoxy) is 1. The molecule has 1 fully saturated rings. The maximum Gasteiger partial charge on any atom is 0.338 e. The average molecular weight is 281 g/mol. The van der Waals surface area contributed by atoms with E-state index in [9.17, 15) is 14.0 Å². The molecule has 1 saturated heterocycles. The molecule has 1 aliphatic heterocycles. The molecule has 108 valence electrons. The Morgan fingerprint density at radius 2 is 2.05 bits per heavy atom. The Labute approximate surface area is 116 Å². The molecule has 1 aromatic rings. The summed E-state index contributed by atoms with van der Waals surface area (Å²) in [6.07, 6.45) is -1.54. The number of hydrogen-bond donors (Lipinski definition) is 1. The molecule has 1 heterocycles. The van der Waals surface area contributed by atoms with Crippen molar-refractivity contribution in [3.05, 3.63) is 29.8 Å². The van der Waals surface area contributed by atoms with Gasteiger partial charge in [-0.15, -0.1) is 0 Å². The summed E-state index contributed by atoms with van der Waals surface area (Å²) in [6, 6.07) is 6.63. The van der Waals surface area contributed by atoms with Crippen molar-refractivity contribution in [2.75, 3.05) is 20.2 Å². The van der Waals surface area contributed by atoms with Crippen molar-refractivity contribution < 1.29 is 23.8 Å². The Hall–Kier alpha value is -2.11. The van der Waals surface area contributed by atoms with E-state index in [1.54, 1.807) is 24.3 Å². The van der Waals surface area contributed by atoms with Crippen molar-refractivity contribution in [1.82, 2.24) is 4.90 Å². The molecule has 1 N–H and O–H groups in total. The zero-order valence-corrected chi connectivity index (χ0v) is 11.1. The Morgan fingerprint density at radius 1 is 1.40 bits per heavy atom. The van der Waals surface area contributed by atoms with Gasteiger partial charge in [-0.1, -0.05) is 0 Å². The van der Waals surface area contributed by atoms with Crippen molar-refractivity contribution in [2.24, 2.45) is 5.92 Å². The molecule has 2 atom stereocenters. The summed E-state index contributed by atoms with van der Waals surface area (Å²) in [5, 5.41) is 8.65. The molecule has 0 aliphatic carbocycles. The summed E-state index contributed by atoms with van der Waals surface area (Å²) < 4.78 is 18.4. The summed E-state index contributed by atoms with van der Waals surface area (Å²) >= 11 is 0. The summed E-state index contributed by atoms with van der Waals surface area (Å²) in [5.74, 6) is -1.66. The van der Waals surface area contributed by atoms with E-state index in [0.29, 0.717) is 24.3 Å². The maximum absolute atomic E-state index is 13.4. The van der Waals surface area contributed by atoms with Crippen LogP contribution >= 0.6 is 0 Å². The molecule has 2 rings (SSSR count). The fourth-order valence-electron chi connectivity index (χ4n) is 2.33. The van der Waals surface area contributed by atoms with Gasteiger partial charge in [0.15, 0.2) is 0 Å². The van der Waals surface area contributed by atoms with Crippen molar-refractivity contribution in [3.63, 3.8) is 0 Å². The molecule has 1 aromatic carbocycles. The largest absolute Gasteiger partial charge is 0.497 e. The van der Waals surface area contributed by atoms with Gasteiger partial charge in [0.2, 0.25) is 6.17 Å². The first-order chi connectivity index (χ1) is 9.52. The molecule has 1 aliphatic rings. The van der Waals surface area contributed by atoms with Gasteiger partial charge in [0, 0.05) is 24.6 Å². The lowest BCUT2D eigenvalue weighted by atomic mass is 10.0. The topological polar surface area (TPSA) is 66.8 Å². The van der Waals surface area contributed by atoms with Gasteiger partial charge in [-0.3, -0.25) is 4.79 Å². The normalized spacial score (nSPS) is 19.7. The second-order valence-electron chi connectivity index (χ2n) is 4.77. The zero-order valence-electron chi connectivity index (χ0n) is 11.1. The van der Waals surface area contributed by atoms with Gasteiger partial charge in [0.25, 0.3) is 5.91 Å². The van der Waals surface area contributed by atoms with Crippen LogP contribution in [0.5, 0.6) is 5.75 Å². The van der Waals surface area contributed by atoms with Gasteiger partial charge in [0.1, 0.15) is 5.75 Å². The van der Waals surface area contributed by atoms with Gasteiger partial charge in [0.05, 0.1) is 7.11 Å². The Kier molecular flexibility index (Phi) is 4.22. The first kappa shape index (κ1) is 14.3. The number of halogens is 1. The molecule has 1 amide bonds. The number of aliphatic carboxylic acids is 1. The van der Waals surface area contributed by atoms with Crippen molar-refractivity contribution >= 4 is 11.9 Å². The summed E-state index contributed by atoms with van der Waals surface area (Å²) in [7, 11) is 1.54. The van der Waals surface area contributed by atoms with Crippen molar-refractivity contribution in [2.45, 2.75) is 12.6 Å². The lowest BCUT2D eigenvalue weighted by Gasteiger charge is -2.17. The summed E-state index contributed by atoms with van der Waals surface area (Å²) in [6.45, 7) is 0.515. The molecular formula is C14H16FNO4. The van der Waals surface area contributed by atoms with Crippen LogP contribution in [0.25, 0.3) is 0 Å². The SMILES string of the molecule is COc1ccc(C(=O)N2CCC(C(F)C(=O)O)C2)cc1. The van der Waals surface area contributed by atoms with Crippen LogP contribution < -0.4 is 4.74 Å². The molecule has 20 heavy (non-hydrogen) atoms. The predicted molar refractivity (Wildman–Crippen MR) is 69.5 cm³/mol. The van der Waals surface area contributed by atoms with E-state index >= 15 is 0 Å². The third kappa shape index (κ3) is 2.89. The third-order valence-corrected chi connectivity index (χ3v) is 3.50. The van der Waals surface area contributed by atoms with Crippen molar-refractivity contribution in [1.29, 1.82) is 0 Å². The Balaban J connectivity index is 2.02. The average Bonchev–Trinajstić information content (AvgIpc) is 2.95. The van der Waals surface area contributed by atoms with E-state index in [1.807, 2.05) is 0 Å². The van der Waals surface area contributed by atoms with Crippen LogP contribution in [-0.2, 0) is 4.79 Å². The molecular weight excluding hydrogens is 265 g/mol. The molecule has 0 bridgehead atoms. The van der Waals surface area contributed by atoms with Gasteiger partial charge in [-0.25, -0.2) is 9.18 Å². The van der Waals surface area contributed by atoms with Crippen LogP contribution in [-0.4, -0.2) is 48.3 Å². The number of carbonyl (C=O) groups is 2. The standard InChI is InChI=1S/C14H16FNO4/c1-20-11-4-2-9(3-5-11)13(17)16-7-6-10(8-16)12(15)14(18)19/h2-5,10,12H,6-8H2,1H3,(H,18,19). The zero-order chi connectivity index (χ0) is 14.7. The predicted octanol–water partition coefficient (Wildman–Crippen LogP) is 1.58. The van der Waals surface area contributed by atoms with E-state index in [2.05, 4.69) is 0 Å². The molecule has 0 radical (unpaired) electrons. The highest BCUT2D eigenvalue weighted by Crippen LogP contribution is 2.24. The number of carboxylic acids is 1. The molecule has 0 spiro atoms. The Morgan fingerprint density at radius 3 is 2.60 bits per heavy atom. The third-order valence-electron chi connectivity index (χ3n) is 3.50. The highest BCUT2D eigenvalue weighted by Gasteiger charge is 2.35. The first-order valence-corrected chi connectivity index (χ1v) is 6.33. The minimum atomic E-state index is -1.91. The fourth-order valence-corrected chi connectivity index (χ4v) is 2.33. The Bertz CT molecular complexity index is 502. The number of likely N-dealkylation sites (tertiary alicyclic amines) is 1. The molecule has 6 heteroatoms. The second kappa shape index (κ2) is 5.90. The smallest absolute Gasteiger partial charge is 0.338 e. The van der Waals surface area contributed by atoms with Gasteiger partial charge in [-0.2, -0.15) is 0 Å². The van der Waals surface area contributed by atoms with Gasteiger partial charge in [-0.05, 0) is 30.7 Å². The number of alkyl halides is 1. The number of amides is 1.